The van der Waals surface area contributed by atoms with Gasteiger partial charge in [-0.3, -0.25) is 10.3 Å². The van der Waals surface area contributed by atoms with E-state index in [-0.39, 0.29) is 0 Å². The highest BCUT2D eigenvalue weighted by molar-refractivity contribution is 5.92. The molecule has 7 heteroatoms. The third-order valence-electron chi connectivity index (χ3n) is 6.65. The molecule has 0 spiro atoms. The number of aromatic nitrogens is 3. The van der Waals surface area contributed by atoms with E-state index in [4.69, 9.17) is 9.72 Å². The van der Waals surface area contributed by atoms with E-state index in [0.29, 0.717) is 11.4 Å². The number of anilines is 2. The highest BCUT2D eigenvalue weighted by Gasteiger charge is 2.16. The maximum Gasteiger partial charge on any atom is 0.417 e. The monoisotopic (exact) mass is 525 g/mol. The van der Waals surface area contributed by atoms with Crippen LogP contribution in [-0.2, 0) is 0 Å². The molecule has 0 saturated carbocycles. The first-order valence-corrected chi connectivity index (χ1v) is 12.9. The first-order chi connectivity index (χ1) is 19.5. The minimum Gasteiger partial charge on any atom is -0.410 e. The van der Waals surface area contributed by atoms with Crippen molar-refractivity contribution in [3.8, 4) is 39.7 Å². The summed E-state index contributed by atoms with van der Waals surface area (Å²) in [6.07, 6.45) is 3.01. The van der Waals surface area contributed by atoms with Crippen LogP contribution in [0.4, 0.5) is 16.2 Å². The topological polar surface area (TPSA) is 83.1 Å². The third kappa shape index (κ3) is 5.26. The normalized spacial score (nSPS) is 10.8. The number of pyridine rings is 1. The molecule has 7 nitrogen and oxygen atoms in total. The molecule has 1 amide bonds. The molecule has 0 aliphatic rings. The summed E-state index contributed by atoms with van der Waals surface area (Å²) >= 11 is 0. The lowest BCUT2D eigenvalue weighted by Crippen LogP contribution is -2.16. The van der Waals surface area contributed by atoms with Gasteiger partial charge in [-0.25, -0.2) is 9.78 Å². The molecule has 0 atom stereocenters. The van der Waals surface area contributed by atoms with Gasteiger partial charge in [-0.15, -0.1) is 0 Å². The Labute approximate surface area is 232 Å². The van der Waals surface area contributed by atoms with Gasteiger partial charge in [0.1, 0.15) is 11.6 Å². The number of carbonyl (C=O) groups excluding carboxylic acids is 1. The van der Waals surface area contributed by atoms with Gasteiger partial charge in [0.15, 0.2) is 0 Å². The van der Waals surface area contributed by atoms with Crippen molar-refractivity contribution in [2.24, 2.45) is 0 Å². The number of H-pyrrole nitrogens is 1. The smallest absolute Gasteiger partial charge is 0.410 e. The number of fused-ring (bicyclic) bond motifs is 1. The van der Waals surface area contributed by atoms with Crippen LogP contribution in [0.2, 0.25) is 0 Å². The standard InChI is InChI=1S/C33H27N5O2/c1-38(2)28-13-11-27(12-14-28)35-33(39)40-29-15-10-24-20-26(9-8-25(24)21-29)31-30(22-16-18-34-19-17-22)36-32(37-31)23-6-4-3-5-7-23/h3-21H,1-2H3,(H,35,39)(H,36,37). The Kier molecular flexibility index (Phi) is 6.68. The van der Waals surface area contributed by atoms with Crippen molar-refractivity contribution in [2.45, 2.75) is 0 Å². The Hall–Kier alpha value is -5.43. The number of ether oxygens (including phenoxy) is 1. The largest absolute Gasteiger partial charge is 0.417 e. The van der Waals surface area contributed by atoms with E-state index in [1.807, 2.05) is 110 Å². The number of nitrogens with zero attached hydrogens (tertiary/aromatic N) is 3. The zero-order valence-electron chi connectivity index (χ0n) is 22.1. The molecule has 0 bridgehead atoms. The SMILES string of the molecule is CN(C)c1ccc(NC(=O)Oc2ccc3cc(-c4nc(-c5ccccc5)[nH]c4-c4ccncc4)ccc3c2)cc1. The number of hydrogen-bond acceptors (Lipinski definition) is 5. The Morgan fingerprint density at radius 1 is 0.775 bits per heavy atom. The van der Waals surface area contributed by atoms with Crippen molar-refractivity contribution in [1.82, 2.24) is 15.0 Å². The Bertz CT molecular complexity index is 1780. The van der Waals surface area contributed by atoms with E-state index in [2.05, 4.69) is 21.4 Å². The van der Waals surface area contributed by atoms with Crippen LogP contribution in [0.1, 0.15) is 0 Å². The molecule has 2 aromatic heterocycles. The summed E-state index contributed by atoms with van der Waals surface area (Å²) in [7, 11) is 3.94. The van der Waals surface area contributed by atoms with Crippen LogP contribution in [0.3, 0.4) is 0 Å². The van der Waals surface area contributed by atoms with E-state index >= 15 is 0 Å². The van der Waals surface area contributed by atoms with Crippen molar-refractivity contribution in [2.75, 3.05) is 24.3 Å². The molecule has 0 aliphatic carbocycles. The molecule has 196 valence electrons. The number of carbonyl (C=O) groups is 1. The quantitative estimate of drug-likeness (QED) is 0.234. The average molecular weight is 526 g/mol. The molecule has 0 unspecified atom stereocenters. The highest BCUT2D eigenvalue weighted by Crippen LogP contribution is 2.35. The highest BCUT2D eigenvalue weighted by atomic mass is 16.6. The summed E-state index contributed by atoms with van der Waals surface area (Å²) in [5, 5.41) is 4.74. The summed E-state index contributed by atoms with van der Waals surface area (Å²) < 4.78 is 5.56. The van der Waals surface area contributed by atoms with Gasteiger partial charge in [0.25, 0.3) is 0 Å². The third-order valence-corrected chi connectivity index (χ3v) is 6.65. The number of rotatable bonds is 6. The van der Waals surface area contributed by atoms with Crippen molar-refractivity contribution in [1.29, 1.82) is 0 Å². The molecule has 4 aromatic carbocycles. The fraction of sp³-hybridized carbons (Fsp3) is 0.0606. The Morgan fingerprint density at radius 2 is 1.50 bits per heavy atom. The molecule has 6 rings (SSSR count). The lowest BCUT2D eigenvalue weighted by Gasteiger charge is -2.13. The predicted octanol–water partition coefficient (Wildman–Crippen LogP) is 7.64. The number of nitrogens with one attached hydrogen (secondary N) is 2. The minimum absolute atomic E-state index is 0.464. The summed E-state index contributed by atoms with van der Waals surface area (Å²) in [6.45, 7) is 0. The number of benzene rings is 4. The van der Waals surface area contributed by atoms with Gasteiger partial charge in [0.2, 0.25) is 0 Å². The first-order valence-electron chi connectivity index (χ1n) is 12.9. The van der Waals surface area contributed by atoms with Gasteiger partial charge in [-0.05, 0) is 65.4 Å². The molecular weight excluding hydrogens is 498 g/mol. The lowest BCUT2D eigenvalue weighted by molar-refractivity contribution is 0.215. The fourth-order valence-corrected chi connectivity index (χ4v) is 4.57. The molecule has 6 aromatic rings. The van der Waals surface area contributed by atoms with Crippen molar-refractivity contribution >= 4 is 28.2 Å². The maximum absolute atomic E-state index is 12.5. The Balaban J connectivity index is 1.26. The van der Waals surface area contributed by atoms with Crippen LogP contribution in [-0.4, -0.2) is 35.1 Å². The van der Waals surface area contributed by atoms with Gasteiger partial charge in [0.05, 0.1) is 11.4 Å². The number of aromatic amines is 1. The fourth-order valence-electron chi connectivity index (χ4n) is 4.57. The van der Waals surface area contributed by atoms with Crippen molar-refractivity contribution in [3.05, 3.63) is 116 Å². The van der Waals surface area contributed by atoms with Gasteiger partial charge < -0.3 is 14.6 Å². The van der Waals surface area contributed by atoms with E-state index in [1.165, 1.54) is 0 Å². The zero-order chi connectivity index (χ0) is 27.5. The van der Waals surface area contributed by atoms with Crippen molar-refractivity contribution < 1.29 is 9.53 Å². The van der Waals surface area contributed by atoms with E-state index in [0.717, 1.165) is 50.4 Å². The molecule has 0 aliphatic heterocycles. The molecule has 0 radical (unpaired) electrons. The van der Waals surface area contributed by atoms with Crippen LogP contribution < -0.4 is 15.0 Å². The van der Waals surface area contributed by atoms with Gasteiger partial charge in [0, 0.05) is 54.6 Å². The summed E-state index contributed by atoms with van der Waals surface area (Å²) in [4.78, 5) is 27.2. The number of amides is 1. The van der Waals surface area contributed by atoms with Crippen LogP contribution in [0.25, 0.3) is 44.7 Å². The van der Waals surface area contributed by atoms with Gasteiger partial charge in [-0.2, -0.15) is 0 Å². The predicted molar refractivity (Wildman–Crippen MR) is 161 cm³/mol. The zero-order valence-corrected chi connectivity index (χ0v) is 22.1. The second kappa shape index (κ2) is 10.7. The van der Waals surface area contributed by atoms with E-state index < -0.39 is 6.09 Å². The van der Waals surface area contributed by atoms with Crippen LogP contribution >= 0.6 is 0 Å². The lowest BCUT2D eigenvalue weighted by atomic mass is 10.0. The second-order valence-electron chi connectivity index (χ2n) is 9.59. The molecule has 40 heavy (non-hydrogen) atoms. The van der Waals surface area contributed by atoms with Gasteiger partial charge >= 0.3 is 6.09 Å². The minimum atomic E-state index is -0.541. The average Bonchev–Trinajstić information content (AvgIpc) is 3.44. The molecule has 0 fully saturated rings. The van der Waals surface area contributed by atoms with E-state index in [9.17, 15) is 4.79 Å². The summed E-state index contributed by atoms with van der Waals surface area (Å²) in [6, 6.07) is 33.3. The number of imidazole rings is 1. The van der Waals surface area contributed by atoms with Gasteiger partial charge in [-0.1, -0.05) is 48.5 Å². The number of hydrogen-bond donors (Lipinski definition) is 2. The second-order valence-corrected chi connectivity index (χ2v) is 9.59. The van der Waals surface area contributed by atoms with Crippen LogP contribution in [0.15, 0.2) is 116 Å². The molecule has 2 N–H and O–H groups in total. The summed E-state index contributed by atoms with van der Waals surface area (Å²) in [5.41, 5.74) is 6.49. The molecular formula is C33H27N5O2. The molecule has 2 heterocycles. The maximum atomic E-state index is 12.5. The summed E-state index contributed by atoms with van der Waals surface area (Å²) in [5.74, 6) is 1.26. The van der Waals surface area contributed by atoms with Crippen molar-refractivity contribution in [3.63, 3.8) is 0 Å². The Morgan fingerprint density at radius 3 is 2.25 bits per heavy atom. The van der Waals surface area contributed by atoms with Crippen LogP contribution in [0.5, 0.6) is 5.75 Å². The first kappa shape index (κ1) is 24.9. The van der Waals surface area contributed by atoms with E-state index in [1.54, 1.807) is 18.5 Å². The van der Waals surface area contributed by atoms with Crippen LogP contribution in [0, 0.1) is 0 Å². The molecule has 0 saturated heterocycles.